The molecule has 2 aliphatic heterocycles. The first-order valence-electron chi connectivity index (χ1n) is 10.5. The molecule has 1 saturated carbocycles. The van der Waals surface area contributed by atoms with E-state index in [0.717, 1.165) is 50.2 Å². The summed E-state index contributed by atoms with van der Waals surface area (Å²) in [6, 6.07) is 3.98. The van der Waals surface area contributed by atoms with Gasteiger partial charge in [0.15, 0.2) is 0 Å². The summed E-state index contributed by atoms with van der Waals surface area (Å²) in [6.45, 7) is 2.69. The van der Waals surface area contributed by atoms with Crippen LogP contribution in [0.2, 0.25) is 0 Å². The number of nitrogens with zero attached hydrogens (tertiary/aromatic N) is 3. The van der Waals surface area contributed by atoms with E-state index in [-0.39, 0.29) is 42.5 Å². The van der Waals surface area contributed by atoms with Crippen LogP contribution in [0.4, 0.5) is 5.82 Å². The van der Waals surface area contributed by atoms with E-state index in [9.17, 15) is 14.4 Å². The van der Waals surface area contributed by atoms with Crippen LogP contribution in [-0.4, -0.2) is 47.2 Å². The Balaban J connectivity index is 1.23. The number of hydrogen-bond acceptors (Lipinski definition) is 5. The molecule has 3 heterocycles. The van der Waals surface area contributed by atoms with Crippen LogP contribution in [0.25, 0.3) is 0 Å². The quantitative estimate of drug-likeness (QED) is 0.757. The van der Waals surface area contributed by atoms with Crippen molar-refractivity contribution in [3.8, 4) is 0 Å². The molecule has 2 saturated heterocycles. The number of anilines is 1. The smallest absolute Gasteiger partial charge is 0.233 e. The average molecular weight is 384 g/mol. The van der Waals surface area contributed by atoms with Gasteiger partial charge >= 0.3 is 0 Å². The first-order chi connectivity index (χ1) is 13.6. The van der Waals surface area contributed by atoms with E-state index in [1.165, 1.54) is 17.7 Å². The largest absolute Gasteiger partial charge is 0.357 e. The highest BCUT2D eigenvalue weighted by molar-refractivity contribution is 6.05. The van der Waals surface area contributed by atoms with E-state index in [1.54, 1.807) is 6.20 Å². The van der Waals surface area contributed by atoms with Gasteiger partial charge in [-0.1, -0.05) is 18.9 Å². The lowest BCUT2D eigenvalue weighted by molar-refractivity contribution is -0.140. The van der Waals surface area contributed by atoms with Crippen molar-refractivity contribution in [2.24, 2.45) is 11.8 Å². The first-order valence-corrected chi connectivity index (χ1v) is 10.5. The van der Waals surface area contributed by atoms with Gasteiger partial charge in [-0.05, 0) is 37.3 Å². The van der Waals surface area contributed by atoms with Gasteiger partial charge in [-0.3, -0.25) is 19.3 Å². The lowest BCUT2D eigenvalue weighted by Gasteiger charge is -2.19. The molecule has 7 heteroatoms. The van der Waals surface area contributed by atoms with Crippen molar-refractivity contribution >= 4 is 23.5 Å². The molecular formula is C21H28N4O3. The summed E-state index contributed by atoms with van der Waals surface area (Å²) in [5.41, 5.74) is 0.940. The van der Waals surface area contributed by atoms with Crippen molar-refractivity contribution < 1.29 is 14.4 Å². The summed E-state index contributed by atoms with van der Waals surface area (Å²) in [4.78, 5) is 45.1. The summed E-state index contributed by atoms with van der Waals surface area (Å²) in [6.07, 6.45) is 8.00. The minimum absolute atomic E-state index is 0.0794. The Kier molecular flexibility index (Phi) is 5.59. The Morgan fingerprint density at radius 1 is 1.04 bits per heavy atom. The van der Waals surface area contributed by atoms with Gasteiger partial charge in [0.2, 0.25) is 17.7 Å². The molecule has 0 spiro atoms. The third-order valence-corrected chi connectivity index (χ3v) is 6.22. The van der Waals surface area contributed by atoms with Gasteiger partial charge in [0.1, 0.15) is 5.82 Å². The molecule has 1 aromatic heterocycles. The van der Waals surface area contributed by atoms with Crippen LogP contribution in [-0.2, 0) is 20.9 Å². The van der Waals surface area contributed by atoms with Crippen molar-refractivity contribution in [2.45, 2.75) is 51.5 Å². The number of hydrogen-bond donors (Lipinski definition) is 1. The summed E-state index contributed by atoms with van der Waals surface area (Å²) < 4.78 is 0. The molecule has 1 N–H and O–H groups in total. The SMILES string of the molecule is O=C(CCN1C(=O)C2CCCCC2C1=O)NCc1ccc(N2CCCC2)nc1. The zero-order valence-corrected chi connectivity index (χ0v) is 16.2. The normalized spacial score (nSPS) is 24.6. The zero-order chi connectivity index (χ0) is 19.5. The van der Waals surface area contributed by atoms with Gasteiger partial charge in [0.05, 0.1) is 11.8 Å². The molecule has 2 atom stereocenters. The van der Waals surface area contributed by atoms with E-state index in [1.807, 2.05) is 12.1 Å². The first kappa shape index (κ1) is 18.9. The van der Waals surface area contributed by atoms with Crippen LogP contribution in [0.15, 0.2) is 18.3 Å². The van der Waals surface area contributed by atoms with E-state index in [4.69, 9.17) is 0 Å². The van der Waals surface area contributed by atoms with E-state index >= 15 is 0 Å². The number of nitrogens with one attached hydrogen (secondary N) is 1. The van der Waals surface area contributed by atoms with Gasteiger partial charge in [-0.2, -0.15) is 0 Å². The Labute approximate surface area is 165 Å². The summed E-state index contributed by atoms with van der Waals surface area (Å²) in [7, 11) is 0. The lowest BCUT2D eigenvalue weighted by Crippen LogP contribution is -2.35. The van der Waals surface area contributed by atoms with Crippen molar-refractivity contribution in [2.75, 3.05) is 24.5 Å². The highest BCUT2D eigenvalue weighted by Gasteiger charge is 2.47. The molecule has 0 radical (unpaired) electrons. The molecule has 3 amide bonds. The minimum atomic E-state index is -0.154. The molecule has 2 unspecified atom stereocenters. The maximum absolute atomic E-state index is 12.4. The van der Waals surface area contributed by atoms with Gasteiger partial charge in [-0.25, -0.2) is 4.98 Å². The topological polar surface area (TPSA) is 82.6 Å². The third kappa shape index (κ3) is 3.88. The number of imide groups is 1. The summed E-state index contributed by atoms with van der Waals surface area (Å²) in [5, 5.41) is 2.86. The van der Waals surface area contributed by atoms with Gasteiger partial charge in [0, 0.05) is 38.8 Å². The highest BCUT2D eigenvalue weighted by Crippen LogP contribution is 2.37. The van der Waals surface area contributed by atoms with Crippen LogP contribution in [0, 0.1) is 11.8 Å². The molecule has 3 aliphatic rings. The molecule has 4 rings (SSSR count). The Hall–Kier alpha value is -2.44. The van der Waals surface area contributed by atoms with Gasteiger partial charge < -0.3 is 10.2 Å². The van der Waals surface area contributed by atoms with E-state index < -0.39 is 0 Å². The number of rotatable bonds is 6. The predicted molar refractivity (Wildman–Crippen MR) is 104 cm³/mol. The minimum Gasteiger partial charge on any atom is -0.357 e. The number of carbonyl (C=O) groups excluding carboxylic acids is 3. The maximum Gasteiger partial charge on any atom is 0.233 e. The van der Waals surface area contributed by atoms with Crippen LogP contribution in [0.5, 0.6) is 0 Å². The maximum atomic E-state index is 12.4. The van der Waals surface area contributed by atoms with Crippen molar-refractivity contribution in [1.82, 2.24) is 15.2 Å². The third-order valence-electron chi connectivity index (χ3n) is 6.22. The molecule has 0 aromatic carbocycles. The van der Waals surface area contributed by atoms with Crippen LogP contribution >= 0.6 is 0 Å². The van der Waals surface area contributed by atoms with Crippen LogP contribution < -0.4 is 10.2 Å². The van der Waals surface area contributed by atoms with E-state index in [0.29, 0.717) is 6.54 Å². The Bertz CT molecular complexity index is 719. The molecule has 1 aliphatic carbocycles. The number of carbonyl (C=O) groups is 3. The van der Waals surface area contributed by atoms with Crippen molar-refractivity contribution in [1.29, 1.82) is 0 Å². The van der Waals surface area contributed by atoms with E-state index in [2.05, 4.69) is 15.2 Å². The van der Waals surface area contributed by atoms with Crippen LogP contribution in [0.1, 0.15) is 50.5 Å². The molecule has 1 aromatic rings. The predicted octanol–water partition coefficient (Wildman–Crippen LogP) is 1.86. The Morgan fingerprint density at radius 2 is 1.71 bits per heavy atom. The molecular weight excluding hydrogens is 356 g/mol. The fourth-order valence-corrected chi connectivity index (χ4v) is 4.61. The molecule has 3 fully saturated rings. The monoisotopic (exact) mass is 384 g/mol. The van der Waals surface area contributed by atoms with Crippen molar-refractivity contribution in [3.63, 3.8) is 0 Å². The average Bonchev–Trinajstić information content (AvgIpc) is 3.34. The standard InChI is InChI=1S/C21H28N4O3/c26-19(9-12-25-20(27)16-5-1-2-6-17(16)21(25)28)23-14-15-7-8-18(22-13-15)24-10-3-4-11-24/h7-8,13,16-17H,1-6,9-12,14H2,(H,23,26). The molecule has 28 heavy (non-hydrogen) atoms. The molecule has 150 valence electrons. The van der Waals surface area contributed by atoms with Gasteiger partial charge in [-0.15, -0.1) is 0 Å². The summed E-state index contributed by atoms with van der Waals surface area (Å²) >= 11 is 0. The number of pyridine rings is 1. The highest BCUT2D eigenvalue weighted by atomic mass is 16.2. The fourth-order valence-electron chi connectivity index (χ4n) is 4.61. The molecule has 0 bridgehead atoms. The number of aromatic nitrogens is 1. The summed E-state index contributed by atoms with van der Waals surface area (Å²) in [5.74, 6) is 0.376. The number of fused-ring (bicyclic) bond motifs is 1. The second kappa shape index (κ2) is 8.29. The second-order valence-corrected chi connectivity index (χ2v) is 8.07. The number of amides is 3. The zero-order valence-electron chi connectivity index (χ0n) is 16.2. The van der Waals surface area contributed by atoms with Crippen LogP contribution in [0.3, 0.4) is 0 Å². The number of likely N-dealkylation sites (tertiary alicyclic amines) is 1. The van der Waals surface area contributed by atoms with Gasteiger partial charge in [0.25, 0.3) is 0 Å². The second-order valence-electron chi connectivity index (χ2n) is 8.07. The molecule has 7 nitrogen and oxygen atoms in total. The van der Waals surface area contributed by atoms with Crippen molar-refractivity contribution in [3.05, 3.63) is 23.9 Å². The fraction of sp³-hybridized carbons (Fsp3) is 0.619. The Morgan fingerprint density at radius 3 is 2.32 bits per heavy atom. The lowest BCUT2D eigenvalue weighted by atomic mass is 9.81.